The molecule has 0 unspecified atom stereocenters. The molecule has 146 valence electrons. The van der Waals surface area contributed by atoms with Gasteiger partial charge in [0, 0.05) is 11.3 Å². The van der Waals surface area contributed by atoms with E-state index in [0.717, 1.165) is 40.7 Å². The molecule has 5 rings (SSSR count). The molecule has 0 spiro atoms. The number of aryl methyl sites for hydroxylation is 1. The van der Waals surface area contributed by atoms with Gasteiger partial charge in [0.25, 0.3) is 5.56 Å². The summed E-state index contributed by atoms with van der Waals surface area (Å²) in [6.45, 7) is 2.34. The summed E-state index contributed by atoms with van der Waals surface area (Å²) >= 11 is 12.2. The first kappa shape index (κ1) is 18.4. The van der Waals surface area contributed by atoms with E-state index in [1.165, 1.54) is 4.68 Å². The number of nitrogens with zero attached hydrogens (tertiary/aromatic N) is 4. The number of aromatic nitrogens is 4. The zero-order valence-corrected chi connectivity index (χ0v) is 17.3. The van der Waals surface area contributed by atoms with Crippen molar-refractivity contribution in [1.82, 2.24) is 19.6 Å². The van der Waals surface area contributed by atoms with Crippen LogP contribution in [0.3, 0.4) is 0 Å². The third-order valence-electron chi connectivity index (χ3n) is 5.33. The molecule has 1 aliphatic carbocycles. The monoisotopic (exact) mass is 424 g/mol. The molecular formula is C22H18Cl2N4O. The van der Waals surface area contributed by atoms with Crippen molar-refractivity contribution in [3.63, 3.8) is 0 Å². The number of halogens is 2. The standard InChI is InChI=1S/C22H18Cl2N4O/c1-13-4-2-3-5-19(13)28-21-16(11-25-28)20(15-7-8-15)26-27(22(21)29)12-14-6-9-17(23)18(24)10-14/h2-6,9-11,15H,7-8,12H2,1H3. The Labute approximate surface area is 177 Å². The quantitative estimate of drug-likeness (QED) is 0.456. The Morgan fingerprint density at radius 1 is 1.10 bits per heavy atom. The summed E-state index contributed by atoms with van der Waals surface area (Å²) in [6.07, 6.45) is 3.94. The third kappa shape index (κ3) is 3.24. The molecule has 5 nitrogen and oxygen atoms in total. The van der Waals surface area contributed by atoms with Crippen LogP contribution in [-0.4, -0.2) is 19.6 Å². The average molecular weight is 425 g/mol. The molecule has 0 radical (unpaired) electrons. The number of hydrogen-bond acceptors (Lipinski definition) is 3. The van der Waals surface area contributed by atoms with Crippen LogP contribution in [0.5, 0.6) is 0 Å². The van der Waals surface area contributed by atoms with Crippen molar-refractivity contribution >= 4 is 34.1 Å². The Bertz CT molecular complexity index is 1300. The van der Waals surface area contributed by atoms with Gasteiger partial charge in [-0.05, 0) is 49.1 Å². The SMILES string of the molecule is Cc1ccccc1-n1ncc2c(C3CC3)nn(Cc3ccc(Cl)c(Cl)c3)c(=O)c21. The Hall–Kier alpha value is -2.63. The minimum atomic E-state index is -0.170. The van der Waals surface area contributed by atoms with E-state index in [9.17, 15) is 4.79 Å². The van der Waals surface area contributed by atoms with E-state index in [2.05, 4.69) is 5.10 Å². The van der Waals surface area contributed by atoms with E-state index in [4.69, 9.17) is 28.3 Å². The molecule has 0 aliphatic heterocycles. The van der Waals surface area contributed by atoms with Crippen LogP contribution in [0.1, 0.15) is 35.6 Å². The van der Waals surface area contributed by atoms with E-state index < -0.39 is 0 Å². The van der Waals surface area contributed by atoms with Crippen molar-refractivity contribution in [3.05, 3.63) is 85.9 Å². The molecule has 2 heterocycles. The molecule has 0 bridgehead atoms. The first-order valence-corrected chi connectivity index (χ1v) is 10.3. The fourth-order valence-electron chi connectivity index (χ4n) is 3.65. The van der Waals surface area contributed by atoms with Crippen molar-refractivity contribution < 1.29 is 0 Å². The highest BCUT2D eigenvalue weighted by molar-refractivity contribution is 6.42. The van der Waals surface area contributed by atoms with Gasteiger partial charge in [0.2, 0.25) is 0 Å². The maximum atomic E-state index is 13.4. The van der Waals surface area contributed by atoms with Gasteiger partial charge in [0.15, 0.2) is 0 Å². The van der Waals surface area contributed by atoms with Crippen LogP contribution in [-0.2, 0) is 6.54 Å². The molecule has 1 aliphatic rings. The molecule has 29 heavy (non-hydrogen) atoms. The van der Waals surface area contributed by atoms with Gasteiger partial charge in [-0.25, -0.2) is 9.36 Å². The van der Waals surface area contributed by atoms with Crippen molar-refractivity contribution in [2.45, 2.75) is 32.2 Å². The highest BCUT2D eigenvalue weighted by atomic mass is 35.5. The molecule has 2 aromatic heterocycles. The second-order valence-electron chi connectivity index (χ2n) is 7.48. The number of hydrogen-bond donors (Lipinski definition) is 0. The Kier molecular flexibility index (Phi) is 4.45. The van der Waals surface area contributed by atoms with Crippen LogP contribution in [0.4, 0.5) is 0 Å². The number of fused-ring (bicyclic) bond motifs is 1. The van der Waals surface area contributed by atoms with Gasteiger partial charge in [-0.1, -0.05) is 47.5 Å². The normalized spacial score (nSPS) is 13.9. The van der Waals surface area contributed by atoms with Gasteiger partial charge in [-0.2, -0.15) is 10.2 Å². The van der Waals surface area contributed by atoms with Crippen LogP contribution >= 0.6 is 23.2 Å². The van der Waals surface area contributed by atoms with Crippen LogP contribution in [0.2, 0.25) is 10.0 Å². The van der Waals surface area contributed by atoms with Gasteiger partial charge in [-0.3, -0.25) is 4.79 Å². The maximum absolute atomic E-state index is 13.4. The van der Waals surface area contributed by atoms with Crippen molar-refractivity contribution in [3.8, 4) is 5.69 Å². The van der Waals surface area contributed by atoms with Gasteiger partial charge in [0.1, 0.15) is 5.52 Å². The van der Waals surface area contributed by atoms with E-state index in [1.807, 2.05) is 37.3 Å². The first-order chi connectivity index (χ1) is 14.0. The fourth-order valence-corrected chi connectivity index (χ4v) is 3.97. The topological polar surface area (TPSA) is 52.7 Å². The smallest absolute Gasteiger partial charge is 0.265 e. The fraction of sp³-hybridized carbons (Fsp3) is 0.227. The minimum absolute atomic E-state index is 0.170. The zero-order valence-electron chi connectivity index (χ0n) is 15.8. The van der Waals surface area contributed by atoms with Crippen LogP contribution < -0.4 is 5.56 Å². The highest BCUT2D eigenvalue weighted by Crippen LogP contribution is 2.41. The number of para-hydroxylation sites is 1. The highest BCUT2D eigenvalue weighted by Gasteiger charge is 2.30. The Morgan fingerprint density at radius 3 is 2.62 bits per heavy atom. The Morgan fingerprint density at radius 2 is 1.90 bits per heavy atom. The molecule has 4 aromatic rings. The molecule has 1 saturated carbocycles. The maximum Gasteiger partial charge on any atom is 0.293 e. The predicted molar refractivity (Wildman–Crippen MR) is 115 cm³/mol. The van der Waals surface area contributed by atoms with Gasteiger partial charge >= 0.3 is 0 Å². The molecular weight excluding hydrogens is 407 g/mol. The van der Waals surface area contributed by atoms with Gasteiger partial charge in [0.05, 0.1) is 34.2 Å². The van der Waals surface area contributed by atoms with Gasteiger partial charge in [-0.15, -0.1) is 0 Å². The molecule has 0 atom stereocenters. The summed E-state index contributed by atoms with van der Waals surface area (Å²) in [7, 11) is 0. The second kappa shape index (κ2) is 7.01. The average Bonchev–Trinajstić information content (AvgIpc) is 3.46. The summed E-state index contributed by atoms with van der Waals surface area (Å²) in [5, 5.41) is 11.1. The first-order valence-electron chi connectivity index (χ1n) is 9.51. The summed E-state index contributed by atoms with van der Waals surface area (Å²) in [5.41, 5.74) is 4.16. The Balaban J connectivity index is 1.72. The molecule has 0 saturated heterocycles. The summed E-state index contributed by atoms with van der Waals surface area (Å²) in [5.74, 6) is 0.382. The summed E-state index contributed by atoms with van der Waals surface area (Å²) in [6, 6.07) is 13.3. The molecule has 7 heteroatoms. The van der Waals surface area contributed by atoms with Crippen LogP contribution in [0, 0.1) is 6.92 Å². The lowest BCUT2D eigenvalue weighted by Crippen LogP contribution is -2.26. The van der Waals surface area contributed by atoms with Crippen molar-refractivity contribution in [2.24, 2.45) is 0 Å². The van der Waals surface area contributed by atoms with E-state index in [0.29, 0.717) is 28.0 Å². The van der Waals surface area contributed by atoms with Crippen molar-refractivity contribution in [2.75, 3.05) is 0 Å². The van der Waals surface area contributed by atoms with Crippen LogP contribution in [0.25, 0.3) is 16.6 Å². The lowest BCUT2D eigenvalue weighted by Gasteiger charge is -2.11. The molecule has 0 amide bonds. The van der Waals surface area contributed by atoms with Crippen molar-refractivity contribution in [1.29, 1.82) is 0 Å². The van der Waals surface area contributed by atoms with E-state index in [-0.39, 0.29) is 5.56 Å². The lowest BCUT2D eigenvalue weighted by molar-refractivity contribution is 0.626. The second-order valence-corrected chi connectivity index (χ2v) is 8.29. The predicted octanol–water partition coefficient (Wildman–Crippen LogP) is 5.12. The number of benzene rings is 2. The summed E-state index contributed by atoms with van der Waals surface area (Å²) < 4.78 is 3.26. The van der Waals surface area contributed by atoms with E-state index >= 15 is 0 Å². The number of rotatable bonds is 4. The molecule has 2 aromatic carbocycles. The lowest BCUT2D eigenvalue weighted by atomic mass is 10.1. The minimum Gasteiger partial charge on any atom is -0.265 e. The van der Waals surface area contributed by atoms with E-state index in [1.54, 1.807) is 23.0 Å². The molecule has 1 fully saturated rings. The summed E-state index contributed by atoms with van der Waals surface area (Å²) in [4.78, 5) is 13.4. The third-order valence-corrected chi connectivity index (χ3v) is 6.07. The van der Waals surface area contributed by atoms with Gasteiger partial charge < -0.3 is 0 Å². The molecule has 0 N–H and O–H groups in total. The zero-order chi connectivity index (χ0) is 20.1. The largest absolute Gasteiger partial charge is 0.293 e. The van der Waals surface area contributed by atoms with Crippen LogP contribution in [0.15, 0.2) is 53.5 Å².